The van der Waals surface area contributed by atoms with Gasteiger partial charge < -0.3 is 5.32 Å². The van der Waals surface area contributed by atoms with Crippen LogP contribution >= 0.6 is 11.6 Å². The van der Waals surface area contributed by atoms with Crippen molar-refractivity contribution in [2.75, 3.05) is 0 Å². The van der Waals surface area contributed by atoms with E-state index in [1.165, 1.54) is 19.3 Å². The van der Waals surface area contributed by atoms with Crippen LogP contribution in [0.5, 0.6) is 0 Å². The standard InChI is InChI=1S/C15H20ClNO/c1-10-6-3-4-9-13(10)17-15(18)12-8-5-7-11(2)14(12)16/h5,7-8,10,13H,3-4,6,9H2,1-2H3,(H,17,18). The maximum atomic E-state index is 12.2. The van der Waals surface area contributed by atoms with Gasteiger partial charge in [-0.2, -0.15) is 0 Å². The quantitative estimate of drug-likeness (QED) is 0.862. The first-order valence-electron chi connectivity index (χ1n) is 6.65. The van der Waals surface area contributed by atoms with E-state index >= 15 is 0 Å². The summed E-state index contributed by atoms with van der Waals surface area (Å²) in [6.45, 7) is 4.13. The van der Waals surface area contributed by atoms with E-state index in [-0.39, 0.29) is 5.91 Å². The van der Waals surface area contributed by atoms with Gasteiger partial charge in [0.15, 0.2) is 0 Å². The summed E-state index contributed by atoms with van der Waals surface area (Å²) in [5, 5.41) is 3.70. The van der Waals surface area contributed by atoms with Crippen LogP contribution in [-0.4, -0.2) is 11.9 Å². The molecule has 0 saturated heterocycles. The third-order valence-electron chi connectivity index (χ3n) is 3.86. The number of hydrogen-bond donors (Lipinski definition) is 1. The van der Waals surface area contributed by atoms with Crippen LogP contribution in [0.25, 0.3) is 0 Å². The average Bonchev–Trinajstić information content (AvgIpc) is 2.35. The SMILES string of the molecule is Cc1cccc(C(=O)NC2CCCCC2C)c1Cl. The fourth-order valence-electron chi connectivity index (χ4n) is 2.60. The van der Waals surface area contributed by atoms with E-state index in [0.717, 1.165) is 12.0 Å². The summed E-state index contributed by atoms with van der Waals surface area (Å²) in [6, 6.07) is 5.88. The van der Waals surface area contributed by atoms with Crippen LogP contribution < -0.4 is 5.32 Å². The molecule has 2 nitrogen and oxygen atoms in total. The van der Waals surface area contributed by atoms with Crippen molar-refractivity contribution in [1.82, 2.24) is 5.32 Å². The topological polar surface area (TPSA) is 29.1 Å². The number of nitrogens with one attached hydrogen (secondary N) is 1. The second kappa shape index (κ2) is 5.75. The molecule has 1 aromatic rings. The number of amides is 1. The predicted octanol–water partition coefficient (Wildman–Crippen LogP) is 3.96. The van der Waals surface area contributed by atoms with E-state index in [4.69, 9.17) is 11.6 Å². The maximum absolute atomic E-state index is 12.2. The van der Waals surface area contributed by atoms with Gasteiger partial charge in [0.1, 0.15) is 0 Å². The molecule has 0 heterocycles. The number of halogens is 1. The smallest absolute Gasteiger partial charge is 0.253 e. The van der Waals surface area contributed by atoms with Crippen LogP contribution in [0.4, 0.5) is 0 Å². The molecule has 2 atom stereocenters. The molecule has 2 rings (SSSR count). The molecule has 1 aliphatic rings. The summed E-state index contributed by atoms with van der Waals surface area (Å²) in [5.41, 5.74) is 1.54. The Morgan fingerprint density at radius 1 is 1.33 bits per heavy atom. The third kappa shape index (κ3) is 2.86. The van der Waals surface area contributed by atoms with E-state index in [9.17, 15) is 4.79 Å². The van der Waals surface area contributed by atoms with Gasteiger partial charge in [-0.15, -0.1) is 0 Å². The first-order valence-corrected chi connectivity index (χ1v) is 7.03. The lowest BCUT2D eigenvalue weighted by molar-refractivity contribution is 0.0910. The van der Waals surface area contributed by atoms with Crippen LogP contribution in [0, 0.1) is 12.8 Å². The maximum Gasteiger partial charge on any atom is 0.253 e. The normalized spacial score (nSPS) is 23.7. The highest BCUT2D eigenvalue weighted by Gasteiger charge is 2.24. The van der Waals surface area contributed by atoms with Crippen molar-refractivity contribution >= 4 is 17.5 Å². The van der Waals surface area contributed by atoms with Crippen molar-refractivity contribution in [3.8, 4) is 0 Å². The lowest BCUT2D eigenvalue weighted by Crippen LogP contribution is -2.41. The molecule has 1 saturated carbocycles. The van der Waals surface area contributed by atoms with Gasteiger partial charge in [-0.3, -0.25) is 4.79 Å². The second-order valence-electron chi connectivity index (χ2n) is 5.28. The van der Waals surface area contributed by atoms with Crippen LogP contribution in [0.1, 0.15) is 48.5 Å². The predicted molar refractivity (Wildman–Crippen MR) is 75.1 cm³/mol. The van der Waals surface area contributed by atoms with Gasteiger partial charge in [0.2, 0.25) is 0 Å². The molecule has 1 aliphatic carbocycles. The molecule has 0 aromatic heterocycles. The average molecular weight is 266 g/mol. The molecule has 1 N–H and O–H groups in total. The molecule has 2 unspecified atom stereocenters. The number of aryl methyl sites for hydroxylation is 1. The summed E-state index contributed by atoms with van der Waals surface area (Å²) in [5.74, 6) is 0.522. The molecule has 0 spiro atoms. The highest BCUT2D eigenvalue weighted by Crippen LogP contribution is 2.25. The van der Waals surface area contributed by atoms with Gasteiger partial charge in [0, 0.05) is 6.04 Å². The van der Waals surface area contributed by atoms with E-state index in [1.807, 2.05) is 19.1 Å². The van der Waals surface area contributed by atoms with E-state index in [2.05, 4.69) is 12.2 Å². The molecule has 1 aromatic carbocycles. The minimum atomic E-state index is -0.0394. The summed E-state index contributed by atoms with van der Waals surface area (Å²) in [4.78, 5) is 12.2. The molecular formula is C15H20ClNO. The Balaban J connectivity index is 2.09. The zero-order valence-corrected chi connectivity index (χ0v) is 11.8. The summed E-state index contributed by atoms with van der Waals surface area (Å²) in [6.07, 6.45) is 4.76. The van der Waals surface area contributed by atoms with Gasteiger partial charge in [0.05, 0.1) is 10.6 Å². The molecule has 98 valence electrons. The lowest BCUT2D eigenvalue weighted by atomic mass is 9.86. The Hall–Kier alpha value is -1.02. The first kappa shape index (κ1) is 13.4. The zero-order chi connectivity index (χ0) is 13.1. The monoisotopic (exact) mass is 265 g/mol. The third-order valence-corrected chi connectivity index (χ3v) is 4.37. The Kier molecular flexibility index (Phi) is 4.28. The molecule has 0 radical (unpaired) electrons. The molecule has 3 heteroatoms. The highest BCUT2D eigenvalue weighted by molar-refractivity contribution is 6.34. The van der Waals surface area contributed by atoms with Gasteiger partial charge >= 0.3 is 0 Å². The van der Waals surface area contributed by atoms with E-state index in [0.29, 0.717) is 22.5 Å². The number of rotatable bonds is 2. The lowest BCUT2D eigenvalue weighted by Gasteiger charge is -2.29. The number of carbonyl (C=O) groups is 1. The van der Waals surface area contributed by atoms with Gasteiger partial charge in [-0.25, -0.2) is 0 Å². The van der Waals surface area contributed by atoms with Gasteiger partial charge in [-0.05, 0) is 37.3 Å². The highest BCUT2D eigenvalue weighted by atomic mass is 35.5. The molecule has 1 amide bonds. The second-order valence-corrected chi connectivity index (χ2v) is 5.66. The van der Waals surface area contributed by atoms with Crippen molar-refractivity contribution in [2.45, 2.75) is 45.6 Å². The minimum Gasteiger partial charge on any atom is -0.349 e. The van der Waals surface area contributed by atoms with Crippen molar-refractivity contribution in [3.05, 3.63) is 34.3 Å². The largest absolute Gasteiger partial charge is 0.349 e. The number of carbonyl (C=O) groups excluding carboxylic acids is 1. The first-order chi connectivity index (χ1) is 8.59. The van der Waals surface area contributed by atoms with E-state index in [1.54, 1.807) is 6.07 Å². The Bertz CT molecular complexity index is 444. The van der Waals surface area contributed by atoms with Crippen LogP contribution in [0.15, 0.2) is 18.2 Å². The molecule has 0 bridgehead atoms. The minimum absolute atomic E-state index is 0.0394. The van der Waals surface area contributed by atoms with Crippen LogP contribution in [0.2, 0.25) is 5.02 Å². The summed E-state index contributed by atoms with van der Waals surface area (Å²) < 4.78 is 0. The zero-order valence-electron chi connectivity index (χ0n) is 11.0. The van der Waals surface area contributed by atoms with Gasteiger partial charge in [0.25, 0.3) is 5.91 Å². The summed E-state index contributed by atoms with van der Waals surface area (Å²) in [7, 11) is 0. The summed E-state index contributed by atoms with van der Waals surface area (Å²) >= 11 is 6.18. The number of benzene rings is 1. The van der Waals surface area contributed by atoms with Crippen molar-refractivity contribution in [1.29, 1.82) is 0 Å². The molecule has 0 aliphatic heterocycles. The molecular weight excluding hydrogens is 246 g/mol. The van der Waals surface area contributed by atoms with Crippen LogP contribution in [0.3, 0.4) is 0 Å². The van der Waals surface area contributed by atoms with Crippen LogP contribution in [-0.2, 0) is 0 Å². The Morgan fingerprint density at radius 3 is 2.78 bits per heavy atom. The molecule has 1 fully saturated rings. The van der Waals surface area contributed by atoms with E-state index < -0.39 is 0 Å². The van der Waals surface area contributed by atoms with Crippen molar-refractivity contribution in [2.24, 2.45) is 5.92 Å². The van der Waals surface area contributed by atoms with Crippen molar-refractivity contribution in [3.63, 3.8) is 0 Å². The number of hydrogen-bond acceptors (Lipinski definition) is 1. The van der Waals surface area contributed by atoms with Crippen molar-refractivity contribution < 1.29 is 4.79 Å². The van der Waals surface area contributed by atoms with Gasteiger partial charge in [-0.1, -0.05) is 43.5 Å². The fourth-order valence-corrected chi connectivity index (χ4v) is 2.81. The molecule has 18 heavy (non-hydrogen) atoms. The Morgan fingerprint density at radius 2 is 2.06 bits per heavy atom. The fraction of sp³-hybridized carbons (Fsp3) is 0.533. The Labute approximate surface area is 114 Å².